The molecule has 0 radical (unpaired) electrons. The summed E-state index contributed by atoms with van der Waals surface area (Å²) in [5.74, 6) is 0. The summed E-state index contributed by atoms with van der Waals surface area (Å²) in [7, 11) is -3.62. The van der Waals surface area contributed by atoms with Gasteiger partial charge >= 0.3 is 0 Å². The Bertz CT molecular complexity index is 662. The Labute approximate surface area is 131 Å². The van der Waals surface area contributed by atoms with Gasteiger partial charge in [-0.1, -0.05) is 11.6 Å². The molecule has 2 heterocycles. The van der Waals surface area contributed by atoms with Crippen molar-refractivity contribution >= 4 is 44.3 Å². The van der Waals surface area contributed by atoms with Gasteiger partial charge in [-0.3, -0.25) is 0 Å². The summed E-state index contributed by atoms with van der Waals surface area (Å²) in [5.41, 5.74) is -0.159. The highest BCUT2D eigenvalue weighted by Crippen LogP contribution is 2.25. The molecule has 0 aliphatic carbocycles. The molecule has 110 valence electrons. The van der Waals surface area contributed by atoms with Crippen molar-refractivity contribution in [3.8, 4) is 0 Å². The van der Waals surface area contributed by atoms with Gasteiger partial charge < -0.3 is 5.11 Å². The fraction of sp³-hybridized carbons (Fsp3) is 0.333. The van der Waals surface area contributed by atoms with Crippen LogP contribution < -0.4 is 4.72 Å². The van der Waals surface area contributed by atoms with Crippen molar-refractivity contribution in [1.82, 2.24) is 4.72 Å². The first kappa shape index (κ1) is 15.9. The Hall–Kier alpha value is -0.440. The quantitative estimate of drug-likeness (QED) is 0.841. The van der Waals surface area contributed by atoms with Crippen molar-refractivity contribution in [3.05, 3.63) is 38.9 Å². The van der Waals surface area contributed by atoms with Crippen LogP contribution in [0, 0.1) is 0 Å². The smallest absolute Gasteiger partial charge is 0.250 e. The van der Waals surface area contributed by atoms with Crippen LogP contribution in [0.3, 0.4) is 0 Å². The molecule has 0 saturated carbocycles. The molecule has 20 heavy (non-hydrogen) atoms. The van der Waals surface area contributed by atoms with Crippen molar-refractivity contribution in [2.45, 2.75) is 23.2 Å². The van der Waals surface area contributed by atoms with E-state index >= 15 is 0 Å². The predicted molar refractivity (Wildman–Crippen MR) is 83.2 cm³/mol. The Morgan fingerprint density at radius 2 is 2.15 bits per heavy atom. The van der Waals surface area contributed by atoms with Crippen LogP contribution in [-0.2, 0) is 16.4 Å². The van der Waals surface area contributed by atoms with Crippen LogP contribution in [0.5, 0.6) is 0 Å². The summed E-state index contributed by atoms with van der Waals surface area (Å²) in [6, 6.07) is 4.89. The number of halogens is 1. The molecule has 0 aliphatic rings. The van der Waals surface area contributed by atoms with Gasteiger partial charge in [0.1, 0.15) is 4.21 Å². The molecular weight excluding hydrogens is 338 g/mol. The first-order valence-electron chi connectivity index (χ1n) is 5.77. The van der Waals surface area contributed by atoms with Gasteiger partial charge in [0.05, 0.1) is 9.94 Å². The van der Waals surface area contributed by atoms with E-state index in [0.717, 1.165) is 16.9 Å². The molecular formula is C12H14ClNO3S3. The lowest BCUT2D eigenvalue weighted by Gasteiger charge is -2.23. The maximum Gasteiger partial charge on any atom is 0.250 e. The van der Waals surface area contributed by atoms with Crippen molar-refractivity contribution < 1.29 is 13.5 Å². The maximum absolute atomic E-state index is 12.0. The standard InChI is InChI=1S/C12H14ClNO3S3/c1-12(15,6-9-4-5-18-7-9)8-14-20(16,17)11-3-2-10(13)19-11/h2-5,7,14-15H,6,8H2,1H3. The first-order chi connectivity index (χ1) is 9.28. The van der Waals surface area contributed by atoms with Gasteiger partial charge in [-0.2, -0.15) is 11.3 Å². The number of hydrogen-bond acceptors (Lipinski definition) is 5. The zero-order chi connectivity index (χ0) is 14.8. The first-order valence-corrected chi connectivity index (χ1v) is 9.39. The van der Waals surface area contributed by atoms with Gasteiger partial charge in [0.15, 0.2) is 0 Å². The molecule has 4 nitrogen and oxygen atoms in total. The predicted octanol–water partition coefficient (Wildman–Crippen LogP) is 2.74. The van der Waals surface area contributed by atoms with E-state index in [9.17, 15) is 13.5 Å². The Morgan fingerprint density at radius 1 is 1.40 bits per heavy atom. The molecule has 0 amide bonds. The van der Waals surface area contributed by atoms with E-state index in [1.54, 1.807) is 18.3 Å². The summed E-state index contributed by atoms with van der Waals surface area (Å²) >= 11 is 8.26. The molecule has 0 bridgehead atoms. The number of hydrogen-bond donors (Lipinski definition) is 2. The van der Waals surface area contributed by atoms with Gasteiger partial charge in [0.2, 0.25) is 10.0 Å². The summed E-state index contributed by atoms with van der Waals surface area (Å²) in [6.07, 6.45) is 0.393. The minimum absolute atomic E-state index is 0.0549. The fourth-order valence-corrected chi connectivity index (χ4v) is 5.02. The van der Waals surface area contributed by atoms with Crippen LogP contribution in [-0.4, -0.2) is 25.7 Å². The number of nitrogens with one attached hydrogen (secondary N) is 1. The molecule has 1 atom stereocenters. The highest BCUT2D eigenvalue weighted by atomic mass is 35.5. The van der Waals surface area contributed by atoms with Gasteiger partial charge in [-0.25, -0.2) is 13.1 Å². The van der Waals surface area contributed by atoms with E-state index in [1.807, 2.05) is 16.8 Å². The number of rotatable bonds is 6. The fourth-order valence-electron chi connectivity index (χ4n) is 1.66. The Morgan fingerprint density at radius 3 is 2.70 bits per heavy atom. The third kappa shape index (κ3) is 4.28. The second kappa shape index (κ2) is 6.13. The Balaban J connectivity index is 2.00. The molecule has 2 rings (SSSR count). The SMILES string of the molecule is CC(O)(CNS(=O)(=O)c1ccc(Cl)s1)Cc1ccsc1. The minimum Gasteiger partial charge on any atom is -0.388 e. The van der Waals surface area contributed by atoms with Gasteiger partial charge in [-0.15, -0.1) is 11.3 Å². The highest BCUT2D eigenvalue weighted by Gasteiger charge is 2.25. The van der Waals surface area contributed by atoms with Crippen LogP contribution in [0.15, 0.2) is 33.2 Å². The third-order valence-corrected chi connectivity index (χ3v) is 6.48. The van der Waals surface area contributed by atoms with Crippen LogP contribution in [0.4, 0.5) is 0 Å². The van der Waals surface area contributed by atoms with E-state index in [-0.39, 0.29) is 10.8 Å². The molecule has 0 saturated heterocycles. The second-order valence-electron chi connectivity index (χ2n) is 4.69. The molecule has 0 aromatic carbocycles. The van der Waals surface area contributed by atoms with E-state index in [1.165, 1.54) is 12.1 Å². The highest BCUT2D eigenvalue weighted by molar-refractivity contribution is 7.91. The average Bonchev–Trinajstić information content (AvgIpc) is 2.98. The summed E-state index contributed by atoms with van der Waals surface area (Å²) in [5, 5.41) is 14.1. The summed E-state index contributed by atoms with van der Waals surface area (Å²) in [4.78, 5) is 0. The van der Waals surface area contributed by atoms with E-state index in [2.05, 4.69) is 4.72 Å². The topological polar surface area (TPSA) is 66.4 Å². The molecule has 0 fully saturated rings. The maximum atomic E-state index is 12.0. The van der Waals surface area contributed by atoms with Crippen LogP contribution in [0.1, 0.15) is 12.5 Å². The lowest BCUT2D eigenvalue weighted by Crippen LogP contribution is -2.41. The van der Waals surface area contributed by atoms with Crippen LogP contribution in [0.2, 0.25) is 4.34 Å². The monoisotopic (exact) mass is 351 g/mol. The van der Waals surface area contributed by atoms with Crippen molar-refractivity contribution in [1.29, 1.82) is 0 Å². The number of aliphatic hydroxyl groups is 1. The van der Waals surface area contributed by atoms with Crippen molar-refractivity contribution in [2.75, 3.05) is 6.54 Å². The van der Waals surface area contributed by atoms with Gasteiger partial charge in [0, 0.05) is 13.0 Å². The number of thiophene rings is 2. The summed E-state index contributed by atoms with van der Waals surface area (Å²) < 4.78 is 27.0. The largest absolute Gasteiger partial charge is 0.388 e. The zero-order valence-electron chi connectivity index (χ0n) is 10.7. The van der Waals surface area contributed by atoms with E-state index in [4.69, 9.17) is 11.6 Å². The molecule has 2 N–H and O–H groups in total. The lowest BCUT2D eigenvalue weighted by atomic mass is 9.99. The molecule has 0 aliphatic heterocycles. The van der Waals surface area contributed by atoms with E-state index in [0.29, 0.717) is 10.8 Å². The van der Waals surface area contributed by atoms with Crippen molar-refractivity contribution in [3.63, 3.8) is 0 Å². The molecule has 0 spiro atoms. The average molecular weight is 352 g/mol. The van der Waals surface area contributed by atoms with Crippen LogP contribution in [0.25, 0.3) is 0 Å². The molecule has 1 unspecified atom stereocenters. The minimum atomic E-state index is -3.62. The summed E-state index contributed by atoms with van der Waals surface area (Å²) in [6.45, 7) is 1.55. The molecule has 2 aromatic rings. The van der Waals surface area contributed by atoms with Crippen molar-refractivity contribution in [2.24, 2.45) is 0 Å². The second-order valence-corrected chi connectivity index (χ2v) is 9.18. The molecule has 2 aromatic heterocycles. The Kier molecular flexibility index (Phi) is 4.88. The van der Waals surface area contributed by atoms with Gasteiger partial charge in [-0.05, 0) is 41.4 Å². The van der Waals surface area contributed by atoms with Gasteiger partial charge in [0.25, 0.3) is 0 Å². The normalized spacial score (nSPS) is 15.2. The van der Waals surface area contributed by atoms with E-state index < -0.39 is 15.6 Å². The lowest BCUT2D eigenvalue weighted by molar-refractivity contribution is 0.0658. The molecule has 8 heteroatoms. The zero-order valence-corrected chi connectivity index (χ0v) is 13.9. The third-order valence-electron chi connectivity index (χ3n) is 2.62. The number of sulfonamides is 1. The van der Waals surface area contributed by atoms with Crippen LogP contribution >= 0.6 is 34.3 Å².